The van der Waals surface area contributed by atoms with E-state index in [4.69, 9.17) is 5.14 Å². The van der Waals surface area contributed by atoms with E-state index in [2.05, 4.69) is 10.4 Å². The summed E-state index contributed by atoms with van der Waals surface area (Å²) < 4.78 is 39.9. The van der Waals surface area contributed by atoms with Gasteiger partial charge in [-0.15, -0.1) is 0 Å². The number of halogens is 1. The predicted octanol–water partition coefficient (Wildman–Crippen LogP) is 3.27. The lowest BCUT2D eigenvalue weighted by molar-refractivity contribution is -0.115. The number of anilines is 1. The molecule has 3 N–H and O–H groups in total. The van der Waals surface area contributed by atoms with Gasteiger partial charge in [-0.3, -0.25) is 9.48 Å². The highest BCUT2D eigenvalue weighted by molar-refractivity contribution is 7.89. The number of hydrogen-bond acceptors (Lipinski definition) is 4. The fourth-order valence-corrected chi connectivity index (χ4v) is 3.71. The van der Waals surface area contributed by atoms with Gasteiger partial charge in [-0.25, -0.2) is 17.9 Å². The number of nitrogens with zero attached hydrogens (tertiary/aromatic N) is 2. The molecule has 0 saturated carbocycles. The number of rotatable bonds is 5. The number of hydrogen-bond donors (Lipinski definition) is 2. The fraction of sp³-hybridized carbons (Fsp3) is 0.238. The first-order valence-electron chi connectivity index (χ1n) is 9.21. The van der Waals surface area contributed by atoms with Crippen molar-refractivity contribution >= 4 is 21.6 Å². The van der Waals surface area contributed by atoms with Crippen molar-refractivity contribution in [1.29, 1.82) is 0 Å². The summed E-state index contributed by atoms with van der Waals surface area (Å²) in [5.41, 5.74) is 1.17. The average Bonchev–Trinajstić information content (AvgIpc) is 3.13. The molecular weight excluding hydrogens is 407 g/mol. The summed E-state index contributed by atoms with van der Waals surface area (Å²) in [4.78, 5) is 12.2. The summed E-state index contributed by atoms with van der Waals surface area (Å²) in [7, 11) is -4.08. The molecule has 3 aromatic rings. The fourth-order valence-electron chi connectivity index (χ4n) is 2.92. The van der Waals surface area contributed by atoms with Crippen LogP contribution < -0.4 is 10.5 Å². The summed E-state index contributed by atoms with van der Waals surface area (Å²) >= 11 is 0. The molecule has 0 unspecified atom stereocenters. The SMILES string of the molecule is CC(C)(C)n1cc(-c2ccc(NC(=O)Cc3ccccc3F)cc2S(N)(=O)=O)cn1. The number of nitrogens with one attached hydrogen (secondary N) is 1. The first-order chi connectivity index (χ1) is 13.9. The van der Waals surface area contributed by atoms with Gasteiger partial charge in [0.25, 0.3) is 0 Å². The molecule has 0 fully saturated rings. The van der Waals surface area contributed by atoms with Gasteiger partial charge in [0.15, 0.2) is 0 Å². The van der Waals surface area contributed by atoms with Crippen LogP contribution >= 0.6 is 0 Å². The van der Waals surface area contributed by atoms with Crippen molar-refractivity contribution in [3.8, 4) is 11.1 Å². The minimum Gasteiger partial charge on any atom is -0.326 e. The molecule has 1 amide bonds. The molecule has 0 atom stereocenters. The molecule has 9 heteroatoms. The maximum atomic E-state index is 13.8. The van der Waals surface area contributed by atoms with E-state index in [-0.39, 0.29) is 28.1 Å². The van der Waals surface area contributed by atoms with Crippen molar-refractivity contribution in [3.05, 3.63) is 66.2 Å². The monoisotopic (exact) mass is 430 g/mol. The van der Waals surface area contributed by atoms with Crippen LogP contribution in [-0.4, -0.2) is 24.1 Å². The second-order valence-corrected chi connectivity index (χ2v) is 9.45. The Bertz CT molecular complexity index is 1200. The first kappa shape index (κ1) is 21.7. The molecule has 1 aromatic heterocycles. The van der Waals surface area contributed by atoms with Crippen LogP contribution in [-0.2, 0) is 26.8 Å². The van der Waals surface area contributed by atoms with E-state index in [9.17, 15) is 17.6 Å². The number of benzene rings is 2. The number of nitrogens with two attached hydrogens (primary N) is 1. The largest absolute Gasteiger partial charge is 0.326 e. The predicted molar refractivity (Wildman–Crippen MR) is 113 cm³/mol. The number of aromatic nitrogens is 2. The van der Waals surface area contributed by atoms with Gasteiger partial charge in [0, 0.05) is 23.0 Å². The van der Waals surface area contributed by atoms with Crippen molar-refractivity contribution < 1.29 is 17.6 Å². The maximum absolute atomic E-state index is 13.8. The zero-order valence-corrected chi connectivity index (χ0v) is 17.7. The van der Waals surface area contributed by atoms with Crippen LogP contribution in [0.25, 0.3) is 11.1 Å². The standard InChI is InChI=1S/C21H23FN4O3S/c1-21(2,3)26-13-15(12-24-26)17-9-8-16(11-19(17)30(23,28)29)25-20(27)10-14-6-4-5-7-18(14)22/h4-9,11-13H,10H2,1-3H3,(H,25,27)(H2,23,28,29). The van der Waals surface area contributed by atoms with E-state index in [1.54, 1.807) is 35.3 Å². The summed E-state index contributed by atoms with van der Waals surface area (Å²) in [5.74, 6) is -0.960. The molecule has 1 heterocycles. The second-order valence-electron chi connectivity index (χ2n) is 7.92. The van der Waals surface area contributed by atoms with Gasteiger partial charge in [-0.05, 0) is 44.5 Å². The molecule has 0 spiro atoms. The minimum absolute atomic E-state index is 0.139. The molecule has 7 nitrogen and oxygen atoms in total. The number of sulfonamides is 1. The van der Waals surface area contributed by atoms with Crippen LogP contribution in [0.2, 0.25) is 0 Å². The van der Waals surface area contributed by atoms with E-state index < -0.39 is 21.7 Å². The molecule has 0 bridgehead atoms. The highest BCUT2D eigenvalue weighted by Crippen LogP contribution is 2.30. The molecular formula is C21H23FN4O3S. The third-order valence-corrected chi connectivity index (χ3v) is 5.41. The van der Waals surface area contributed by atoms with Gasteiger partial charge >= 0.3 is 0 Å². The van der Waals surface area contributed by atoms with Gasteiger partial charge in [0.2, 0.25) is 15.9 Å². The van der Waals surface area contributed by atoms with Crippen molar-refractivity contribution in [2.75, 3.05) is 5.32 Å². The van der Waals surface area contributed by atoms with Crippen LogP contribution in [0.3, 0.4) is 0 Å². The quantitative estimate of drug-likeness (QED) is 0.648. The van der Waals surface area contributed by atoms with Crippen molar-refractivity contribution in [2.24, 2.45) is 5.14 Å². The lowest BCUT2D eigenvalue weighted by atomic mass is 10.1. The number of carbonyl (C=O) groups is 1. The highest BCUT2D eigenvalue weighted by Gasteiger charge is 2.20. The molecule has 3 rings (SSSR count). The van der Waals surface area contributed by atoms with E-state index in [0.29, 0.717) is 11.1 Å². The van der Waals surface area contributed by atoms with E-state index in [1.165, 1.54) is 24.3 Å². The Labute approximate surface area is 174 Å². The zero-order chi connectivity index (χ0) is 22.1. The van der Waals surface area contributed by atoms with Crippen LogP contribution in [0, 0.1) is 5.82 Å². The number of amides is 1. The second kappa shape index (κ2) is 8.00. The molecule has 0 radical (unpaired) electrons. The summed E-state index contributed by atoms with van der Waals surface area (Å²) in [5, 5.41) is 12.3. The van der Waals surface area contributed by atoms with E-state index in [0.717, 1.165) is 0 Å². The Morgan fingerprint density at radius 3 is 2.50 bits per heavy atom. The van der Waals surface area contributed by atoms with Gasteiger partial charge in [0.1, 0.15) is 5.82 Å². The average molecular weight is 431 g/mol. The normalized spacial score (nSPS) is 12.0. The lowest BCUT2D eigenvalue weighted by Gasteiger charge is -2.18. The molecule has 158 valence electrons. The van der Waals surface area contributed by atoms with Gasteiger partial charge < -0.3 is 5.32 Å². The first-order valence-corrected chi connectivity index (χ1v) is 10.8. The van der Waals surface area contributed by atoms with E-state index in [1.807, 2.05) is 20.8 Å². The number of carbonyl (C=O) groups excluding carboxylic acids is 1. The molecule has 2 aromatic carbocycles. The summed E-state index contributed by atoms with van der Waals surface area (Å²) in [6.07, 6.45) is 3.11. The van der Waals surface area contributed by atoms with Crippen LogP contribution in [0.15, 0.2) is 59.8 Å². The topological polar surface area (TPSA) is 107 Å². The highest BCUT2D eigenvalue weighted by atomic mass is 32.2. The minimum atomic E-state index is -4.08. The van der Waals surface area contributed by atoms with Crippen LogP contribution in [0.1, 0.15) is 26.3 Å². The van der Waals surface area contributed by atoms with Crippen molar-refractivity contribution in [2.45, 2.75) is 37.6 Å². The number of primary sulfonamides is 1. The van der Waals surface area contributed by atoms with Gasteiger partial charge in [0.05, 0.1) is 23.1 Å². The molecule has 0 aliphatic heterocycles. The third kappa shape index (κ3) is 4.92. The Hall–Kier alpha value is -3.04. The van der Waals surface area contributed by atoms with Crippen LogP contribution in [0.5, 0.6) is 0 Å². The van der Waals surface area contributed by atoms with E-state index >= 15 is 0 Å². The zero-order valence-electron chi connectivity index (χ0n) is 16.9. The Kier molecular flexibility index (Phi) is 5.78. The molecule has 0 aliphatic carbocycles. The molecule has 0 aliphatic rings. The molecule has 0 saturated heterocycles. The van der Waals surface area contributed by atoms with Gasteiger partial charge in [-0.2, -0.15) is 5.10 Å². The Balaban J connectivity index is 1.91. The Morgan fingerprint density at radius 2 is 1.90 bits per heavy atom. The van der Waals surface area contributed by atoms with Crippen molar-refractivity contribution in [3.63, 3.8) is 0 Å². The summed E-state index contributed by atoms with van der Waals surface area (Å²) in [6.45, 7) is 5.91. The van der Waals surface area contributed by atoms with Crippen molar-refractivity contribution in [1.82, 2.24) is 9.78 Å². The maximum Gasteiger partial charge on any atom is 0.238 e. The third-order valence-electron chi connectivity index (χ3n) is 4.46. The Morgan fingerprint density at radius 1 is 1.20 bits per heavy atom. The molecule has 30 heavy (non-hydrogen) atoms. The smallest absolute Gasteiger partial charge is 0.238 e. The lowest BCUT2D eigenvalue weighted by Crippen LogP contribution is -2.21. The van der Waals surface area contributed by atoms with Gasteiger partial charge in [-0.1, -0.05) is 24.3 Å². The van der Waals surface area contributed by atoms with Crippen LogP contribution in [0.4, 0.5) is 10.1 Å². The summed E-state index contributed by atoms with van der Waals surface area (Å²) in [6, 6.07) is 10.4.